The Morgan fingerprint density at radius 3 is 2.68 bits per heavy atom. The summed E-state index contributed by atoms with van der Waals surface area (Å²) in [4.78, 5) is 14.5. The minimum atomic E-state index is -3.66. The molecule has 0 aliphatic carbocycles. The van der Waals surface area contributed by atoms with Crippen molar-refractivity contribution in [1.82, 2.24) is 19.4 Å². The van der Waals surface area contributed by atoms with Crippen molar-refractivity contribution in [2.45, 2.75) is 25.2 Å². The standard InChI is InChI=1S/C18H25N5O4S/c1-13-17(14(2)21-20-13)28(25,26)23-9-5-8-22(10-11-23)18(24)19-15-6-4-7-16(12-15)27-3/h4,6-7,12H,5,8-11H2,1-3H3,(H,19,24)(H,20,21). The van der Waals surface area contributed by atoms with Crippen molar-refractivity contribution in [3.8, 4) is 5.75 Å². The first kappa shape index (κ1) is 20.2. The Morgan fingerprint density at radius 1 is 1.21 bits per heavy atom. The van der Waals surface area contributed by atoms with E-state index >= 15 is 0 Å². The van der Waals surface area contributed by atoms with Crippen molar-refractivity contribution in [1.29, 1.82) is 0 Å². The second-order valence-corrected chi connectivity index (χ2v) is 8.54. The lowest BCUT2D eigenvalue weighted by atomic mass is 10.3. The zero-order valence-corrected chi connectivity index (χ0v) is 17.0. The van der Waals surface area contributed by atoms with Gasteiger partial charge in [0.1, 0.15) is 10.6 Å². The number of sulfonamides is 1. The molecule has 3 rings (SSSR count). The van der Waals surface area contributed by atoms with Crippen LogP contribution in [0.5, 0.6) is 5.75 Å². The third-order valence-corrected chi connectivity index (χ3v) is 6.88. The first-order chi connectivity index (χ1) is 13.3. The van der Waals surface area contributed by atoms with E-state index in [0.717, 1.165) is 0 Å². The number of aryl methyl sites for hydroxylation is 2. The normalized spacial score (nSPS) is 15.9. The van der Waals surface area contributed by atoms with Gasteiger partial charge in [-0.15, -0.1) is 0 Å². The van der Waals surface area contributed by atoms with E-state index in [0.29, 0.717) is 48.9 Å². The minimum Gasteiger partial charge on any atom is -0.497 e. The second-order valence-electron chi connectivity index (χ2n) is 6.67. The van der Waals surface area contributed by atoms with E-state index in [1.165, 1.54) is 4.31 Å². The van der Waals surface area contributed by atoms with E-state index in [1.807, 2.05) is 0 Å². The van der Waals surface area contributed by atoms with E-state index in [2.05, 4.69) is 15.5 Å². The lowest BCUT2D eigenvalue weighted by Crippen LogP contribution is -2.39. The number of anilines is 1. The Balaban J connectivity index is 1.68. The highest BCUT2D eigenvalue weighted by atomic mass is 32.2. The van der Waals surface area contributed by atoms with Gasteiger partial charge in [0.25, 0.3) is 0 Å². The number of hydrogen-bond acceptors (Lipinski definition) is 5. The Kier molecular flexibility index (Phi) is 5.90. The highest BCUT2D eigenvalue weighted by Crippen LogP contribution is 2.23. The van der Waals surface area contributed by atoms with Crippen molar-refractivity contribution in [3.05, 3.63) is 35.7 Å². The van der Waals surface area contributed by atoms with Crippen molar-refractivity contribution in [2.24, 2.45) is 0 Å². The zero-order chi connectivity index (χ0) is 20.3. The van der Waals surface area contributed by atoms with Crippen LogP contribution in [0.25, 0.3) is 0 Å². The van der Waals surface area contributed by atoms with Gasteiger partial charge in [0.05, 0.1) is 18.5 Å². The molecule has 10 heteroatoms. The number of amides is 2. The van der Waals surface area contributed by atoms with Gasteiger partial charge in [-0.25, -0.2) is 13.2 Å². The van der Waals surface area contributed by atoms with Crippen LogP contribution in [0, 0.1) is 13.8 Å². The summed E-state index contributed by atoms with van der Waals surface area (Å²) in [7, 11) is -2.09. The van der Waals surface area contributed by atoms with Crippen LogP contribution in [0.4, 0.5) is 10.5 Å². The number of H-pyrrole nitrogens is 1. The van der Waals surface area contributed by atoms with E-state index in [4.69, 9.17) is 4.74 Å². The Morgan fingerprint density at radius 2 is 2.00 bits per heavy atom. The fourth-order valence-electron chi connectivity index (χ4n) is 3.29. The maximum absolute atomic E-state index is 13.0. The number of aromatic nitrogens is 2. The number of urea groups is 1. The zero-order valence-electron chi connectivity index (χ0n) is 16.2. The molecule has 152 valence electrons. The molecule has 1 aliphatic rings. The summed E-state index contributed by atoms with van der Waals surface area (Å²) in [6.45, 7) is 4.74. The molecule has 0 unspecified atom stereocenters. The van der Waals surface area contributed by atoms with E-state index in [9.17, 15) is 13.2 Å². The number of benzene rings is 1. The molecule has 0 atom stereocenters. The van der Waals surface area contributed by atoms with Crippen LogP contribution >= 0.6 is 0 Å². The molecular weight excluding hydrogens is 382 g/mol. The number of methoxy groups -OCH3 is 1. The molecule has 1 aliphatic heterocycles. The molecule has 0 spiro atoms. The first-order valence-corrected chi connectivity index (χ1v) is 10.5. The van der Waals surface area contributed by atoms with Crippen molar-refractivity contribution in [2.75, 3.05) is 38.6 Å². The summed E-state index contributed by atoms with van der Waals surface area (Å²) >= 11 is 0. The molecule has 1 fully saturated rings. The van der Waals surface area contributed by atoms with Gasteiger partial charge in [0.2, 0.25) is 10.0 Å². The van der Waals surface area contributed by atoms with Gasteiger partial charge in [-0.1, -0.05) is 6.07 Å². The monoisotopic (exact) mass is 407 g/mol. The van der Waals surface area contributed by atoms with E-state index in [1.54, 1.807) is 50.1 Å². The van der Waals surface area contributed by atoms with Gasteiger partial charge in [-0.2, -0.15) is 9.40 Å². The molecule has 2 heterocycles. The third kappa shape index (κ3) is 4.12. The molecular formula is C18H25N5O4S. The van der Waals surface area contributed by atoms with Gasteiger partial charge in [-0.05, 0) is 32.4 Å². The Bertz CT molecular complexity index is 937. The maximum atomic E-state index is 13.0. The molecule has 1 aromatic heterocycles. The summed E-state index contributed by atoms with van der Waals surface area (Å²) in [5.74, 6) is 0.650. The number of carbonyl (C=O) groups is 1. The number of carbonyl (C=O) groups excluding carboxylic acids is 1. The Labute approximate surface area is 164 Å². The highest BCUT2D eigenvalue weighted by Gasteiger charge is 2.31. The molecule has 2 amide bonds. The van der Waals surface area contributed by atoms with Gasteiger partial charge >= 0.3 is 6.03 Å². The number of nitrogens with one attached hydrogen (secondary N) is 2. The van der Waals surface area contributed by atoms with Crippen LogP contribution < -0.4 is 10.1 Å². The molecule has 2 aromatic rings. The molecule has 9 nitrogen and oxygen atoms in total. The van der Waals surface area contributed by atoms with E-state index < -0.39 is 10.0 Å². The largest absolute Gasteiger partial charge is 0.497 e. The fourth-order valence-corrected chi connectivity index (χ4v) is 5.09. The quantitative estimate of drug-likeness (QED) is 0.806. The van der Waals surface area contributed by atoms with Crippen molar-refractivity contribution in [3.63, 3.8) is 0 Å². The van der Waals surface area contributed by atoms with Gasteiger partial charge in [-0.3, -0.25) is 5.10 Å². The topological polar surface area (TPSA) is 108 Å². The summed E-state index contributed by atoms with van der Waals surface area (Å²) in [6.07, 6.45) is 0.556. The lowest BCUT2D eigenvalue weighted by Gasteiger charge is -2.22. The van der Waals surface area contributed by atoms with Crippen molar-refractivity contribution >= 4 is 21.7 Å². The summed E-state index contributed by atoms with van der Waals surface area (Å²) in [5, 5.41) is 9.55. The van der Waals surface area contributed by atoms with Gasteiger partial charge < -0.3 is 15.0 Å². The summed E-state index contributed by atoms with van der Waals surface area (Å²) in [5.41, 5.74) is 1.60. The smallest absolute Gasteiger partial charge is 0.321 e. The van der Waals surface area contributed by atoms with E-state index in [-0.39, 0.29) is 17.5 Å². The SMILES string of the molecule is COc1cccc(NC(=O)N2CCCN(S(=O)(=O)c3c(C)n[nH]c3C)CC2)c1. The predicted molar refractivity (Wildman–Crippen MR) is 105 cm³/mol. The highest BCUT2D eigenvalue weighted by molar-refractivity contribution is 7.89. The average molecular weight is 407 g/mol. The summed E-state index contributed by atoms with van der Waals surface area (Å²) in [6, 6.07) is 6.84. The Hall–Kier alpha value is -2.59. The number of ether oxygens (including phenoxy) is 1. The first-order valence-electron chi connectivity index (χ1n) is 9.04. The third-order valence-electron chi connectivity index (χ3n) is 4.72. The van der Waals surface area contributed by atoms with Crippen LogP contribution in [0.3, 0.4) is 0 Å². The lowest BCUT2D eigenvalue weighted by molar-refractivity contribution is 0.214. The van der Waals surface area contributed by atoms with Crippen LogP contribution in [0.2, 0.25) is 0 Å². The molecule has 1 saturated heterocycles. The van der Waals surface area contributed by atoms with Crippen LogP contribution in [0.1, 0.15) is 17.8 Å². The molecule has 28 heavy (non-hydrogen) atoms. The van der Waals surface area contributed by atoms with Crippen LogP contribution in [-0.2, 0) is 10.0 Å². The number of aromatic amines is 1. The van der Waals surface area contributed by atoms with Crippen molar-refractivity contribution < 1.29 is 17.9 Å². The van der Waals surface area contributed by atoms with Crippen LogP contribution in [0.15, 0.2) is 29.2 Å². The second kappa shape index (κ2) is 8.19. The van der Waals surface area contributed by atoms with Crippen LogP contribution in [-0.4, -0.2) is 67.1 Å². The number of nitrogens with zero attached hydrogens (tertiary/aromatic N) is 3. The minimum absolute atomic E-state index is 0.224. The fraction of sp³-hybridized carbons (Fsp3) is 0.444. The molecule has 2 N–H and O–H groups in total. The number of rotatable bonds is 4. The predicted octanol–water partition coefficient (Wildman–Crippen LogP) is 1.96. The average Bonchev–Trinajstić information content (AvgIpc) is 2.87. The van der Waals surface area contributed by atoms with Gasteiger partial charge in [0.15, 0.2) is 0 Å². The van der Waals surface area contributed by atoms with Gasteiger partial charge in [0, 0.05) is 37.9 Å². The molecule has 1 aromatic carbocycles. The molecule has 0 saturated carbocycles. The molecule has 0 radical (unpaired) electrons. The molecule has 0 bridgehead atoms. The number of hydrogen-bond donors (Lipinski definition) is 2. The maximum Gasteiger partial charge on any atom is 0.321 e. The summed E-state index contributed by atoms with van der Waals surface area (Å²) < 4.78 is 32.6.